The van der Waals surface area contributed by atoms with Crippen LogP contribution in [0.5, 0.6) is 0 Å². The summed E-state index contributed by atoms with van der Waals surface area (Å²) in [6, 6.07) is 1.72. The van der Waals surface area contributed by atoms with Crippen LogP contribution >= 0.6 is 0 Å². The largest absolute Gasteiger partial charge is 0.393 e. The van der Waals surface area contributed by atoms with Gasteiger partial charge in [0.2, 0.25) is 0 Å². The van der Waals surface area contributed by atoms with Gasteiger partial charge in [0.15, 0.2) is 11.6 Å². The standard InChI is InChI=1S/C16H26FN3O/c1-16(2,3)19-9-12-5-6-18-15(14(12)17)20(4)10-11-7-13(21)8-11/h5-6,11,13,19,21H,7-10H2,1-4H3. The van der Waals surface area contributed by atoms with E-state index in [4.69, 9.17) is 0 Å². The van der Waals surface area contributed by atoms with Crippen LogP contribution in [-0.2, 0) is 6.54 Å². The molecule has 1 fully saturated rings. The molecule has 118 valence electrons. The molecule has 4 nitrogen and oxygen atoms in total. The number of aliphatic hydroxyl groups is 1. The maximum atomic E-state index is 14.6. The molecule has 2 N–H and O–H groups in total. The number of rotatable bonds is 5. The van der Waals surface area contributed by atoms with Crippen molar-refractivity contribution in [3.63, 3.8) is 0 Å². The Labute approximate surface area is 126 Å². The first kappa shape index (κ1) is 16.2. The Morgan fingerprint density at radius 1 is 1.43 bits per heavy atom. The number of halogens is 1. The van der Waals surface area contributed by atoms with Gasteiger partial charge >= 0.3 is 0 Å². The summed E-state index contributed by atoms with van der Waals surface area (Å²) in [5.41, 5.74) is 0.583. The van der Waals surface area contributed by atoms with E-state index in [1.165, 1.54) is 0 Å². The van der Waals surface area contributed by atoms with Crippen LogP contribution in [0, 0.1) is 11.7 Å². The van der Waals surface area contributed by atoms with Gasteiger partial charge in [-0.2, -0.15) is 0 Å². The molecule has 2 rings (SSSR count). The zero-order valence-corrected chi connectivity index (χ0v) is 13.4. The molecular weight excluding hydrogens is 269 g/mol. The van der Waals surface area contributed by atoms with Crippen LogP contribution in [0.2, 0.25) is 0 Å². The van der Waals surface area contributed by atoms with Crippen molar-refractivity contribution in [3.8, 4) is 0 Å². The summed E-state index contributed by atoms with van der Waals surface area (Å²) in [5.74, 6) is 0.573. The monoisotopic (exact) mass is 295 g/mol. The van der Waals surface area contributed by atoms with Gasteiger partial charge in [0.25, 0.3) is 0 Å². The van der Waals surface area contributed by atoms with Crippen LogP contribution in [0.25, 0.3) is 0 Å². The van der Waals surface area contributed by atoms with Gasteiger partial charge in [0, 0.05) is 37.4 Å². The number of aromatic nitrogens is 1. The summed E-state index contributed by atoms with van der Waals surface area (Å²) < 4.78 is 14.6. The third kappa shape index (κ3) is 4.38. The molecule has 1 heterocycles. The van der Waals surface area contributed by atoms with E-state index < -0.39 is 0 Å². The Balaban J connectivity index is 2.02. The molecule has 0 saturated heterocycles. The zero-order valence-electron chi connectivity index (χ0n) is 13.4. The van der Waals surface area contributed by atoms with E-state index in [0.717, 1.165) is 19.4 Å². The fourth-order valence-electron chi connectivity index (χ4n) is 2.56. The predicted molar refractivity (Wildman–Crippen MR) is 82.8 cm³/mol. The molecule has 0 radical (unpaired) electrons. The van der Waals surface area contributed by atoms with Crippen molar-refractivity contribution in [1.82, 2.24) is 10.3 Å². The summed E-state index contributed by atoms with van der Waals surface area (Å²) in [4.78, 5) is 6.03. The second-order valence-corrected chi connectivity index (χ2v) is 7.08. The number of hydrogen-bond acceptors (Lipinski definition) is 4. The van der Waals surface area contributed by atoms with E-state index >= 15 is 0 Å². The van der Waals surface area contributed by atoms with Gasteiger partial charge in [0.05, 0.1) is 6.10 Å². The van der Waals surface area contributed by atoms with Gasteiger partial charge in [-0.1, -0.05) is 0 Å². The molecule has 0 aliphatic heterocycles. The first-order valence-corrected chi connectivity index (χ1v) is 7.54. The third-order valence-corrected chi connectivity index (χ3v) is 3.86. The van der Waals surface area contributed by atoms with E-state index in [2.05, 4.69) is 31.1 Å². The highest BCUT2D eigenvalue weighted by Crippen LogP contribution is 2.29. The summed E-state index contributed by atoms with van der Waals surface area (Å²) in [7, 11) is 1.86. The van der Waals surface area contributed by atoms with Crippen LogP contribution in [0.3, 0.4) is 0 Å². The molecule has 21 heavy (non-hydrogen) atoms. The third-order valence-electron chi connectivity index (χ3n) is 3.86. The first-order chi connectivity index (χ1) is 9.76. The number of pyridine rings is 1. The molecule has 0 atom stereocenters. The highest BCUT2D eigenvalue weighted by molar-refractivity contribution is 5.42. The minimum Gasteiger partial charge on any atom is -0.393 e. The molecule has 0 unspecified atom stereocenters. The van der Waals surface area contributed by atoms with E-state index in [1.54, 1.807) is 12.3 Å². The number of anilines is 1. The lowest BCUT2D eigenvalue weighted by atomic mass is 9.82. The first-order valence-electron chi connectivity index (χ1n) is 7.54. The van der Waals surface area contributed by atoms with Crippen molar-refractivity contribution in [2.75, 3.05) is 18.5 Å². The summed E-state index contributed by atoms with van der Waals surface area (Å²) in [6.45, 7) is 7.39. The lowest BCUT2D eigenvalue weighted by Crippen LogP contribution is -2.38. The number of hydrogen-bond donors (Lipinski definition) is 2. The van der Waals surface area contributed by atoms with Crippen molar-refractivity contribution >= 4 is 5.82 Å². The molecule has 0 amide bonds. The average molecular weight is 295 g/mol. The molecule has 5 heteroatoms. The maximum Gasteiger partial charge on any atom is 0.170 e. The molecule has 0 bridgehead atoms. The Morgan fingerprint density at radius 3 is 2.67 bits per heavy atom. The average Bonchev–Trinajstić information content (AvgIpc) is 2.34. The van der Waals surface area contributed by atoms with Crippen molar-refractivity contribution in [2.24, 2.45) is 5.92 Å². The predicted octanol–water partition coefficient (Wildman–Crippen LogP) is 2.32. The molecule has 1 aliphatic carbocycles. The van der Waals surface area contributed by atoms with Crippen LogP contribution < -0.4 is 10.2 Å². The van der Waals surface area contributed by atoms with Gasteiger partial charge < -0.3 is 15.3 Å². The Bertz CT molecular complexity index is 481. The Hall–Kier alpha value is -1.20. The van der Waals surface area contributed by atoms with Gasteiger partial charge in [-0.25, -0.2) is 9.37 Å². The fourth-order valence-corrected chi connectivity index (χ4v) is 2.56. The number of aliphatic hydroxyl groups excluding tert-OH is 1. The highest BCUT2D eigenvalue weighted by atomic mass is 19.1. The molecule has 0 aromatic carbocycles. The van der Waals surface area contributed by atoms with Gasteiger partial charge in [-0.05, 0) is 45.6 Å². The van der Waals surface area contributed by atoms with Crippen LogP contribution in [0.1, 0.15) is 39.2 Å². The molecule has 0 spiro atoms. The normalized spacial score (nSPS) is 22.0. The summed E-state index contributed by atoms with van der Waals surface area (Å²) in [6.07, 6.45) is 3.09. The van der Waals surface area contributed by atoms with E-state index in [-0.39, 0.29) is 17.5 Å². The minimum atomic E-state index is -0.253. The van der Waals surface area contributed by atoms with Crippen LogP contribution in [0.4, 0.5) is 10.2 Å². The smallest absolute Gasteiger partial charge is 0.170 e. The second-order valence-electron chi connectivity index (χ2n) is 7.08. The zero-order chi connectivity index (χ0) is 15.6. The molecule has 1 aromatic heterocycles. The van der Waals surface area contributed by atoms with Crippen molar-refractivity contribution in [1.29, 1.82) is 0 Å². The Kier molecular flexibility index (Phi) is 4.84. The highest BCUT2D eigenvalue weighted by Gasteiger charge is 2.29. The summed E-state index contributed by atoms with van der Waals surface area (Å²) in [5, 5.41) is 12.6. The van der Waals surface area contributed by atoms with Gasteiger partial charge in [0.1, 0.15) is 0 Å². The van der Waals surface area contributed by atoms with Crippen molar-refractivity contribution < 1.29 is 9.50 Å². The number of nitrogens with zero attached hydrogens (tertiary/aromatic N) is 2. The lowest BCUT2D eigenvalue weighted by Gasteiger charge is -2.35. The second kappa shape index (κ2) is 6.28. The molecular formula is C16H26FN3O. The quantitative estimate of drug-likeness (QED) is 0.875. The van der Waals surface area contributed by atoms with E-state index in [9.17, 15) is 9.50 Å². The molecule has 1 saturated carbocycles. The van der Waals surface area contributed by atoms with Crippen LogP contribution in [-0.4, -0.2) is 35.3 Å². The number of nitrogens with one attached hydrogen (secondary N) is 1. The lowest BCUT2D eigenvalue weighted by molar-refractivity contribution is 0.0464. The fraction of sp³-hybridized carbons (Fsp3) is 0.688. The van der Waals surface area contributed by atoms with Crippen LogP contribution in [0.15, 0.2) is 12.3 Å². The van der Waals surface area contributed by atoms with Crippen molar-refractivity contribution in [3.05, 3.63) is 23.6 Å². The van der Waals surface area contributed by atoms with Crippen molar-refractivity contribution in [2.45, 2.75) is 51.8 Å². The maximum absolute atomic E-state index is 14.6. The minimum absolute atomic E-state index is 0.0517. The van der Waals surface area contributed by atoms with Gasteiger partial charge in [-0.3, -0.25) is 0 Å². The SMILES string of the molecule is CN(CC1CC(O)C1)c1nccc(CNC(C)(C)C)c1F. The Morgan fingerprint density at radius 2 is 2.10 bits per heavy atom. The van der Waals surface area contributed by atoms with E-state index in [1.807, 2.05) is 11.9 Å². The van der Waals surface area contributed by atoms with Gasteiger partial charge in [-0.15, -0.1) is 0 Å². The molecule has 1 aromatic rings. The van der Waals surface area contributed by atoms with E-state index in [0.29, 0.717) is 23.8 Å². The topological polar surface area (TPSA) is 48.4 Å². The molecule has 1 aliphatic rings. The summed E-state index contributed by atoms with van der Waals surface area (Å²) >= 11 is 0.